The summed E-state index contributed by atoms with van der Waals surface area (Å²) in [6.45, 7) is 4.81. The Morgan fingerprint density at radius 3 is 2.93 bits per heavy atom. The van der Waals surface area contributed by atoms with Crippen molar-refractivity contribution in [2.45, 2.75) is 20.3 Å². The number of ether oxygens (including phenoxy) is 1. The molecule has 0 saturated carbocycles. The van der Waals surface area contributed by atoms with Crippen molar-refractivity contribution in [2.24, 2.45) is 0 Å². The van der Waals surface area contributed by atoms with Crippen LogP contribution in [0.4, 0.5) is 5.13 Å². The van der Waals surface area contributed by atoms with Gasteiger partial charge in [0.15, 0.2) is 10.8 Å². The lowest BCUT2D eigenvalue weighted by molar-refractivity contribution is 0.0594. The maximum atomic E-state index is 11.2. The molecule has 0 aliphatic carbocycles. The minimum Gasteiger partial charge on any atom is -0.464 e. The van der Waals surface area contributed by atoms with E-state index in [1.54, 1.807) is 0 Å². The van der Waals surface area contributed by atoms with Crippen molar-refractivity contribution in [3.8, 4) is 0 Å². The lowest BCUT2D eigenvalue weighted by Crippen LogP contribution is -2.04. The van der Waals surface area contributed by atoms with Gasteiger partial charge in [0.2, 0.25) is 0 Å². The summed E-state index contributed by atoms with van der Waals surface area (Å²) in [4.78, 5) is 16.3. The molecule has 0 unspecified atom stereocenters. The minimum atomic E-state index is -0.372. The van der Waals surface area contributed by atoms with E-state index in [1.165, 1.54) is 18.4 Å². The van der Waals surface area contributed by atoms with E-state index in [9.17, 15) is 4.79 Å². The molecule has 1 N–H and O–H groups in total. The monoisotopic (exact) mass is 214 g/mol. The van der Waals surface area contributed by atoms with Crippen molar-refractivity contribution >= 4 is 22.4 Å². The lowest BCUT2D eigenvalue weighted by Gasteiger charge is -1.96. The molecule has 14 heavy (non-hydrogen) atoms. The number of nitrogens with zero attached hydrogens (tertiary/aromatic N) is 1. The van der Waals surface area contributed by atoms with E-state index >= 15 is 0 Å². The zero-order valence-electron chi connectivity index (χ0n) is 8.59. The SMILES string of the molecule is CCCNc1nc(C(=O)OC)c(C)s1. The van der Waals surface area contributed by atoms with Crippen LogP contribution in [0.3, 0.4) is 0 Å². The number of thiazole rings is 1. The van der Waals surface area contributed by atoms with Crippen LogP contribution in [0, 0.1) is 6.92 Å². The summed E-state index contributed by atoms with van der Waals surface area (Å²) in [5, 5.41) is 3.92. The highest BCUT2D eigenvalue weighted by atomic mass is 32.1. The Morgan fingerprint density at radius 1 is 1.64 bits per heavy atom. The second-order valence-electron chi connectivity index (χ2n) is 2.84. The van der Waals surface area contributed by atoms with Crippen LogP contribution in [0.15, 0.2) is 0 Å². The van der Waals surface area contributed by atoms with Crippen LogP contribution in [0.25, 0.3) is 0 Å². The Labute approximate surface area is 87.3 Å². The van der Waals surface area contributed by atoms with E-state index < -0.39 is 0 Å². The molecular formula is C9H14N2O2S. The fourth-order valence-electron chi connectivity index (χ4n) is 0.990. The van der Waals surface area contributed by atoms with Gasteiger partial charge in [0, 0.05) is 11.4 Å². The third-order valence-electron chi connectivity index (χ3n) is 1.70. The smallest absolute Gasteiger partial charge is 0.357 e. The molecule has 78 valence electrons. The van der Waals surface area contributed by atoms with Crippen molar-refractivity contribution in [1.82, 2.24) is 4.98 Å². The Kier molecular flexibility index (Phi) is 3.88. The molecule has 0 spiro atoms. The number of carbonyl (C=O) groups excluding carboxylic acids is 1. The van der Waals surface area contributed by atoms with Gasteiger partial charge in [-0.1, -0.05) is 6.92 Å². The summed E-state index contributed by atoms with van der Waals surface area (Å²) >= 11 is 1.47. The van der Waals surface area contributed by atoms with Crippen LogP contribution in [-0.4, -0.2) is 24.6 Å². The van der Waals surface area contributed by atoms with E-state index in [1.807, 2.05) is 6.92 Å². The largest absolute Gasteiger partial charge is 0.464 e. The summed E-state index contributed by atoms with van der Waals surface area (Å²) in [6.07, 6.45) is 1.03. The molecule has 0 aromatic carbocycles. The van der Waals surface area contributed by atoms with Crippen LogP contribution < -0.4 is 5.32 Å². The molecule has 0 fully saturated rings. The normalized spacial score (nSPS) is 9.93. The maximum absolute atomic E-state index is 11.2. The Hall–Kier alpha value is -1.10. The van der Waals surface area contributed by atoms with Gasteiger partial charge in [0.05, 0.1) is 7.11 Å². The first-order valence-corrected chi connectivity index (χ1v) is 5.30. The van der Waals surface area contributed by atoms with Crippen molar-refractivity contribution < 1.29 is 9.53 Å². The van der Waals surface area contributed by atoms with Gasteiger partial charge in [-0.25, -0.2) is 9.78 Å². The number of aromatic nitrogens is 1. The summed E-state index contributed by atoms with van der Waals surface area (Å²) in [7, 11) is 1.36. The summed E-state index contributed by atoms with van der Waals surface area (Å²) in [5.74, 6) is -0.372. The molecular weight excluding hydrogens is 200 g/mol. The van der Waals surface area contributed by atoms with E-state index in [2.05, 4.69) is 22.0 Å². The number of aryl methyl sites for hydroxylation is 1. The second-order valence-corrected chi connectivity index (χ2v) is 4.05. The zero-order chi connectivity index (χ0) is 10.6. The van der Waals surface area contributed by atoms with Crippen LogP contribution >= 0.6 is 11.3 Å². The van der Waals surface area contributed by atoms with Crippen molar-refractivity contribution in [2.75, 3.05) is 19.0 Å². The first-order valence-electron chi connectivity index (χ1n) is 4.48. The molecule has 0 amide bonds. The van der Waals surface area contributed by atoms with Gasteiger partial charge >= 0.3 is 5.97 Å². The molecule has 1 aromatic rings. The molecule has 0 atom stereocenters. The molecule has 1 rings (SSSR count). The highest BCUT2D eigenvalue weighted by molar-refractivity contribution is 7.15. The summed E-state index contributed by atoms with van der Waals surface area (Å²) < 4.78 is 4.61. The van der Waals surface area contributed by atoms with Crippen molar-refractivity contribution in [1.29, 1.82) is 0 Å². The highest BCUT2D eigenvalue weighted by Gasteiger charge is 2.14. The van der Waals surface area contributed by atoms with Crippen LogP contribution in [0.5, 0.6) is 0 Å². The quantitative estimate of drug-likeness (QED) is 0.779. The van der Waals surface area contributed by atoms with Crippen LogP contribution in [-0.2, 0) is 4.74 Å². The number of methoxy groups -OCH3 is 1. The molecule has 0 aliphatic heterocycles. The van der Waals surface area contributed by atoms with Gasteiger partial charge < -0.3 is 10.1 Å². The van der Waals surface area contributed by atoms with Crippen LogP contribution in [0.1, 0.15) is 28.7 Å². The van der Waals surface area contributed by atoms with Gasteiger partial charge in [-0.3, -0.25) is 0 Å². The molecule has 1 heterocycles. The maximum Gasteiger partial charge on any atom is 0.357 e. The number of anilines is 1. The standard InChI is InChI=1S/C9H14N2O2S/c1-4-5-10-9-11-7(6(2)14-9)8(12)13-3/h4-5H2,1-3H3,(H,10,11). The average Bonchev–Trinajstić information content (AvgIpc) is 2.55. The van der Waals surface area contributed by atoms with E-state index in [4.69, 9.17) is 0 Å². The van der Waals surface area contributed by atoms with E-state index in [0.717, 1.165) is 23.0 Å². The van der Waals surface area contributed by atoms with Gasteiger partial charge in [-0.2, -0.15) is 0 Å². The number of nitrogens with one attached hydrogen (secondary N) is 1. The average molecular weight is 214 g/mol. The number of hydrogen-bond donors (Lipinski definition) is 1. The van der Waals surface area contributed by atoms with Gasteiger partial charge in [0.1, 0.15) is 0 Å². The van der Waals surface area contributed by atoms with Crippen molar-refractivity contribution in [3.05, 3.63) is 10.6 Å². The molecule has 0 bridgehead atoms. The summed E-state index contributed by atoms with van der Waals surface area (Å²) in [6, 6.07) is 0. The number of carbonyl (C=O) groups is 1. The van der Waals surface area contributed by atoms with Gasteiger partial charge in [0.25, 0.3) is 0 Å². The molecule has 0 radical (unpaired) electrons. The predicted octanol–water partition coefficient (Wildman–Crippen LogP) is 2.06. The third-order valence-corrected chi connectivity index (χ3v) is 2.63. The Morgan fingerprint density at radius 2 is 2.36 bits per heavy atom. The van der Waals surface area contributed by atoms with Crippen LogP contribution in [0.2, 0.25) is 0 Å². The third kappa shape index (κ3) is 2.45. The molecule has 4 nitrogen and oxygen atoms in total. The number of esters is 1. The fourth-order valence-corrected chi connectivity index (χ4v) is 1.82. The molecule has 0 aliphatic rings. The molecule has 5 heteroatoms. The highest BCUT2D eigenvalue weighted by Crippen LogP contribution is 2.22. The Bertz CT molecular complexity index is 323. The topological polar surface area (TPSA) is 51.2 Å². The number of rotatable bonds is 4. The summed E-state index contributed by atoms with van der Waals surface area (Å²) in [5.41, 5.74) is 0.413. The van der Waals surface area contributed by atoms with Crippen molar-refractivity contribution in [3.63, 3.8) is 0 Å². The minimum absolute atomic E-state index is 0.372. The van der Waals surface area contributed by atoms with E-state index in [0.29, 0.717) is 5.69 Å². The first kappa shape index (κ1) is 11.0. The zero-order valence-corrected chi connectivity index (χ0v) is 9.40. The van der Waals surface area contributed by atoms with Gasteiger partial charge in [-0.05, 0) is 13.3 Å². The van der Waals surface area contributed by atoms with Gasteiger partial charge in [-0.15, -0.1) is 11.3 Å². The molecule has 1 aromatic heterocycles. The first-order chi connectivity index (χ1) is 6.69. The number of hydrogen-bond acceptors (Lipinski definition) is 5. The second kappa shape index (κ2) is 4.95. The van der Waals surface area contributed by atoms with E-state index in [-0.39, 0.29) is 5.97 Å². The fraction of sp³-hybridized carbons (Fsp3) is 0.556. The Balaban J connectivity index is 2.77. The predicted molar refractivity (Wildman–Crippen MR) is 57.0 cm³/mol. The lowest BCUT2D eigenvalue weighted by atomic mass is 10.4. The molecule has 0 saturated heterocycles.